The van der Waals surface area contributed by atoms with Crippen LogP contribution in [-0.2, 0) is 9.59 Å². The third-order valence-electron chi connectivity index (χ3n) is 10.00. The van der Waals surface area contributed by atoms with Crippen LogP contribution in [0.15, 0.2) is 48.7 Å². The van der Waals surface area contributed by atoms with E-state index in [9.17, 15) is 14.7 Å². The monoisotopic (exact) mass is 600 g/mol. The van der Waals surface area contributed by atoms with Gasteiger partial charge in [-0.05, 0) is 124 Å². The van der Waals surface area contributed by atoms with Crippen LogP contribution in [0.25, 0.3) is 10.4 Å². The number of rotatable bonds is 10. The average Bonchev–Trinajstić information content (AvgIpc) is 3.76. The summed E-state index contributed by atoms with van der Waals surface area (Å²) in [5.74, 6) is 2.19. The quantitative estimate of drug-likeness (QED) is 0.252. The third-order valence-corrected chi connectivity index (χ3v) is 11.2. The number of amides is 1. The molecule has 3 aromatic rings. The highest BCUT2D eigenvalue weighted by molar-refractivity contribution is 7.15. The Bertz CT molecular complexity index is 1430. The number of carboxylic acid groups (broad SMARTS) is 1. The maximum atomic E-state index is 14.2. The minimum atomic E-state index is -0.735. The molecule has 228 valence electrons. The Labute approximate surface area is 259 Å². The molecule has 1 aromatic heterocycles. The highest BCUT2D eigenvalue weighted by Gasteiger charge is 2.33. The van der Waals surface area contributed by atoms with Crippen LogP contribution in [0.2, 0.25) is 0 Å². The van der Waals surface area contributed by atoms with Crippen molar-refractivity contribution in [3.63, 3.8) is 0 Å². The Morgan fingerprint density at radius 3 is 2.33 bits per heavy atom. The van der Waals surface area contributed by atoms with Crippen molar-refractivity contribution in [2.45, 2.75) is 89.4 Å². The number of hydrogen-bond acceptors (Lipinski definition) is 5. The summed E-state index contributed by atoms with van der Waals surface area (Å²) >= 11 is 1.79. The lowest BCUT2D eigenvalue weighted by Gasteiger charge is -2.36. The van der Waals surface area contributed by atoms with Crippen molar-refractivity contribution in [1.29, 1.82) is 0 Å². The first kappa shape index (κ1) is 29.9. The molecule has 0 unspecified atom stereocenters. The van der Waals surface area contributed by atoms with Crippen LogP contribution in [-0.4, -0.2) is 35.6 Å². The van der Waals surface area contributed by atoms with Crippen molar-refractivity contribution in [3.8, 4) is 16.2 Å². The minimum absolute atomic E-state index is 0.0443. The Kier molecular flexibility index (Phi) is 9.17. The van der Waals surface area contributed by atoms with E-state index in [4.69, 9.17) is 9.72 Å². The number of benzene rings is 2. The number of anilines is 1. The Balaban J connectivity index is 1.18. The molecular weight excluding hydrogens is 556 g/mol. The summed E-state index contributed by atoms with van der Waals surface area (Å²) in [5.41, 5.74) is 4.68. The molecule has 0 bridgehead atoms. The van der Waals surface area contributed by atoms with E-state index in [-0.39, 0.29) is 24.2 Å². The van der Waals surface area contributed by atoms with Gasteiger partial charge in [-0.15, -0.1) is 11.3 Å². The fraction of sp³-hybridized carbons (Fsp3) is 0.528. The van der Waals surface area contributed by atoms with Gasteiger partial charge in [0.15, 0.2) is 0 Å². The van der Waals surface area contributed by atoms with E-state index in [0.717, 1.165) is 74.9 Å². The van der Waals surface area contributed by atoms with Crippen LogP contribution in [0.5, 0.6) is 5.75 Å². The van der Waals surface area contributed by atoms with E-state index in [1.165, 1.54) is 33.9 Å². The van der Waals surface area contributed by atoms with Gasteiger partial charge in [0.25, 0.3) is 0 Å². The van der Waals surface area contributed by atoms with Gasteiger partial charge in [0, 0.05) is 36.7 Å². The van der Waals surface area contributed by atoms with Gasteiger partial charge in [-0.25, -0.2) is 4.98 Å². The predicted octanol–water partition coefficient (Wildman–Crippen LogP) is 8.59. The highest BCUT2D eigenvalue weighted by atomic mass is 32.1. The molecule has 1 N–H and O–H groups in total. The third kappa shape index (κ3) is 7.14. The Morgan fingerprint density at radius 2 is 1.65 bits per heavy atom. The number of aryl methyl sites for hydroxylation is 1. The van der Waals surface area contributed by atoms with Crippen molar-refractivity contribution in [2.24, 2.45) is 17.8 Å². The maximum Gasteiger partial charge on any atom is 0.303 e. The molecule has 0 saturated heterocycles. The lowest BCUT2D eigenvalue weighted by atomic mass is 9.77. The zero-order valence-corrected chi connectivity index (χ0v) is 26.3. The van der Waals surface area contributed by atoms with E-state index in [0.29, 0.717) is 17.8 Å². The maximum absolute atomic E-state index is 14.2. The zero-order chi connectivity index (χ0) is 29.9. The second-order valence-electron chi connectivity index (χ2n) is 13.1. The first-order chi connectivity index (χ1) is 20.9. The van der Waals surface area contributed by atoms with Gasteiger partial charge in [-0.3, -0.25) is 9.59 Å². The molecular formula is C36H44N2O4S. The molecule has 1 amide bonds. The number of carbonyl (C=O) groups excluding carboxylic acids is 1. The van der Waals surface area contributed by atoms with Crippen molar-refractivity contribution < 1.29 is 19.4 Å². The molecule has 0 spiro atoms. The van der Waals surface area contributed by atoms with E-state index in [1.54, 1.807) is 18.4 Å². The van der Waals surface area contributed by atoms with Crippen molar-refractivity contribution >= 4 is 28.9 Å². The summed E-state index contributed by atoms with van der Waals surface area (Å²) in [4.78, 5) is 33.4. The molecule has 2 aromatic carbocycles. The van der Waals surface area contributed by atoms with Gasteiger partial charge in [0.1, 0.15) is 5.75 Å². The van der Waals surface area contributed by atoms with E-state index >= 15 is 0 Å². The Morgan fingerprint density at radius 1 is 0.930 bits per heavy atom. The van der Waals surface area contributed by atoms with Crippen LogP contribution >= 0.6 is 11.3 Å². The van der Waals surface area contributed by atoms with E-state index in [2.05, 4.69) is 54.3 Å². The van der Waals surface area contributed by atoms with Crippen LogP contribution < -0.4 is 9.64 Å². The van der Waals surface area contributed by atoms with Crippen molar-refractivity contribution in [2.75, 3.05) is 18.6 Å². The molecule has 1 heterocycles. The summed E-state index contributed by atoms with van der Waals surface area (Å²) < 4.78 is 5.47. The zero-order valence-electron chi connectivity index (χ0n) is 25.5. The fourth-order valence-electron chi connectivity index (χ4n) is 7.26. The number of nitrogens with zero attached hydrogens (tertiary/aromatic N) is 2. The standard InChI is InChI=1S/C36H44N2O4S/c1-23-18-29(16-17-32(23)42-2)26-10-8-25(9-11-26)22-38(36(41)28-12-6-24(7-13-28)19-34(39)40)31-5-3-4-30(20-31)33-21-37-35(43-33)27-14-15-27/h3-5,16-18,20-21,24-28H,6-15,19,22H2,1-2H3,(H,39,40). The molecule has 3 aliphatic rings. The fourth-order valence-corrected chi connectivity index (χ4v) is 8.35. The summed E-state index contributed by atoms with van der Waals surface area (Å²) in [6.07, 6.45) is 12.3. The number of carboxylic acids is 1. The smallest absolute Gasteiger partial charge is 0.303 e. The van der Waals surface area contributed by atoms with Gasteiger partial charge < -0.3 is 14.7 Å². The molecule has 6 rings (SSSR count). The van der Waals surface area contributed by atoms with Crippen molar-refractivity contribution in [3.05, 3.63) is 64.8 Å². The lowest BCUT2D eigenvalue weighted by molar-refractivity contribution is -0.138. The summed E-state index contributed by atoms with van der Waals surface area (Å²) in [6.45, 7) is 2.85. The SMILES string of the molecule is COc1ccc(C2CCC(CN(C(=O)C3CCC(CC(=O)O)CC3)c3cccc(-c4cnc(C5CC5)s4)c3)CC2)cc1C. The minimum Gasteiger partial charge on any atom is -0.496 e. The molecule has 0 atom stereocenters. The average molecular weight is 601 g/mol. The summed E-state index contributed by atoms with van der Waals surface area (Å²) in [7, 11) is 1.72. The first-order valence-corrected chi connectivity index (χ1v) is 16.9. The number of methoxy groups -OCH3 is 1. The Hall–Kier alpha value is -3.19. The molecule has 0 radical (unpaired) electrons. The molecule has 3 saturated carbocycles. The highest BCUT2D eigenvalue weighted by Crippen LogP contribution is 2.44. The van der Waals surface area contributed by atoms with Crippen LogP contribution in [0, 0.1) is 24.7 Å². The molecule has 6 nitrogen and oxygen atoms in total. The molecule has 7 heteroatoms. The van der Waals surface area contributed by atoms with Crippen LogP contribution in [0.3, 0.4) is 0 Å². The van der Waals surface area contributed by atoms with Gasteiger partial charge in [-0.2, -0.15) is 0 Å². The van der Waals surface area contributed by atoms with Crippen molar-refractivity contribution in [1.82, 2.24) is 4.98 Å². The van der Waals surface area contributed by atoms with E-state index in [1.807, 2.05) is 6.20 Å². The number of ether oxygens (including phenoxy) is 1. The molecule has 43 heavy (non-hydrogen) atoms. The van der Waals surface area contributed by atoms with Gasteiger partial charge in [0.05, 0.1) is 17.0 Å². The number of thiazole rings is 1. The summed E-state index contributed by atoms with van der Waals surface area (Å²) in [5, 5.41) is 10.5. The largest absolute Gasteiger partial charge is 0.496 e. The first-order valence-electron chi connectivity index (χ1n) is 16.1. The van der Waals surface area contributed by atoms with Crippen LogP contribution in [0.1, 0.15) is 98.6 Å². The normalized spacial score (nSPS) is 24.0. The van der Waals surface area contributed by atoms with Gasteiger partial charge >= 0.3 is 5.97 Å². The lowest BCUT2D eigenvalue weighted by Crippen LogP contribution is -2.41. The van der Waals surface area contributed by atoms with Crippen LogP contribution in [0.4, 0.5) is 5.69 Å². The second kappa shape index (κ2) is 13.2. The van der Waals surface area contributed by atoms with Gasteiger partial charge in [-0.1, -0.05) is 24.3 Å². The summed E-state index contributed by atoms with van der Waals surface area (Å²) in [6, 6.07) is 15.1. The predicted molar refractivity (Wildman–Crippen MR) is 172 cm³/mol. The number of aliphatic carboxylic acids is 1. The number of carbonyl (C=O) groups is 2. The number of aromatic nitrogens is 1. The molecule has 3 aliphatic carbocycles. The molecule has 0 aliphatic heterocycles. The van der Waals surface area contributed by atoms with E-state index < -0.39 is 5.97 Å². The molecule has 3 fully saturated rings. The number of hydrogen-bond donors (Lipinski definition) is 1. The topological polar surface area (TPSA) is 79.7 Å². The van der Waals surface area contributed by atoms with Gasteiger partial charge in [0.2, 0.25) is 5.91 Å². The second-order valence-corrected chi connectivity index (χ2v) is 14.2.